The van der Waals surface area contributed by atoms with E-state index >= 15 is 0 Å². The van der Waals surface area contributed by atoms with Gasteiger partial charge >= 0.3 is 0 Å². The van der Waals surface area contributed by atoms with Gasteiger partial charge in [0, 0.05) is 25.0 Å². The molecule has 1 fully saturated rings. The quantitative estimate of drug-likeness (QED) is 0.820. The largest absolute Gasteiger partial charge is 0.325 e. The van der Waals surface area contributed by atoms with Gasteiger partial charge in [-0.05, 0) is 75.2 Å². The van der Waals surface area contributed by atoms with Crippen LogP contribution in [-0.4, -0.2) is 36.1 Å². The van der Waals surface area contributed by atoms with Gasteiger partial charge in [-0.3, -0.25) is 0 Å². The van der Waals surface area contributed by atoms with Gasteiger partial charge in [-0.25, -0.2) is 4.98 Å². The van der Waals surface area contributed by atoms with Crippen molar-refractivity contribution < 1.29 is 0 Å². The third-order valence-electron chi connectivity index (χ3n) is 4.53. The van der Waals surface area contributed by atoms with E-state index in [2.05, 4.69) is 59.0 Å². The highest BCUT2D eigenvalue weighted by molar-refractivity contribution is 5.61. The van der Waals surface area contributed by atoms with E-state index in [-0.39, 0.29) is 0 Å². The Morgan fingerprint density at radius 2 is 1.74 bits per heavy atom. The molecule has 1 aliphatic heterocycles. The maximum Gasteiger partial charge on any atom is 0.132 e. The Morgan fingerprint density at radius 3 is 2.39 bits per heavy atom. The zero-order valence-electron chi connectivity index (χ0n) is 14.3. The first-order chi connectivity index (χ1) is 11.2. The lowest BCUT2D eigenvalue weighted by atomic mass is 10.1. The molecule has 1 saturated heterocycles. The lowest BCUT2D eigenvalue weighted by Gasteiger charge is -2.31. The van der Waals surface area contributed by atoms with Crippen LogP contribution in [0.15, 0.2) is 42.6 Å². The van der Waals surface area contributed by atoms with Crippen LogP contribution in [0.2, 0.25) is 0 Å². The van der Waals surface area contributed by atoms with Crippen molar-refractivity contribution in [3.8, 4) is 0 Å². The van der Waals surface area contributed by atoms with Crippen molar-refractivity contribution in [1.29, 1.82) is 0 Å². The zero-order valence-corrected chi connectivity index (χ0v) is 14.3. The Labute approximate surface area is 140 Å². The van der Waals surface area contributed by atoms with E-state index in [0.717, 1.165) is 18.9 Å². The van der Waals surface area contributed by atoms with Crippen LogP contribution in [0, 0.1) is 13.8 Å². The summed E-state index contributed by atoms with van der Waals surface area (Å²) in [6, 6.07) is 12.9. The predicted molar refractivity (Wildman–Crippen MR) is 97.5 cm³/mol. The molecule has 23 heavy (non-hydrogen) atoms. The molecule has 0 N–H and O–H groups in total. The minimum absolute atomic E-state index is 0.986. The summed E-state index contributed by atoms with van der Waals surface area (Å²) in [4.78, 5) is 9.53. The minimum atomic E-state index is 0.986. The summed E-state index contributed by atoms with van der Waals surface area (Å²) in [5.41, 5.74) is 3.86. The Morgan fingerprint density at radius 1 is 1.00 bits per heavy atom. The van der Waals surface area contributed by atoms with Gasteiger partial charge in [0.1, 0.15) is 5.82 Å². The second kappa shape index (κ2) is 7.60. The average molecular weight is 309 g/mol. The number of pyridine rings is 1. The molecular weight excluding hydrogens is 282 g/mol. The highest BCUT2D eigenvalue weighted by atomic mass is 15.2. The zero-order chi connectivity index (χ0) is 16.1. The Bertz CT molecular complexity index is 598. The van der Waals surface area contributed by atoms with E-state index < -0.39 is 0 Å². The molecule has 3 nitrogen and oxygen atoms in total. The highest BCUT2D eigenvalue weighted by Crippen LogP contribution is 2.25. The van der Waals surface area contributed by atoms with Crippen molar-refractivity contribution >= 4 is 11.5 Å². The average Bonchev–Trinajstić information content (AvgIpc) is 2.56. The smallest absolute Gasteiger partial charge is 0.132 e. The fourth-order valence-corrected chi connectivity index (χ4v) is 3.42. The van der Waals surface area contributed by atoms with Crippen molar-refractivity contribution in [1.82, 2.24) is 9.88 Å². The summed E-state index contributed by atoms with van der Waals surface area (Å²) in [6.07, 6.45) is 5.95. The lowest BCUT2D eigenvalue weighted by molar-refractivity contribution is 0.234. The number of hydrogen-bond acceptors (Lipinski definition) is 3. The second-order valence-corrected chi connectivity index (χ2v) is 6.59. The summed E-state index contributed by atoms with van der Waals surface area (Å²) in [5.74, 6) is 1.04. The number of aryl methyl sites for hydroxylation is 2. The normalized spacial score (nSPS) is 15.6. The molecule has 0 radical (unpaired) electrons. The standard InChI is InChI=1S/C20H27N3/c1-17-14-18(2)16-19(15-17)23(20-8-4-5-9-21-20)13-12-22-10-6-3-7-11-22/h4-5,8-9,14-16H,3,6-7,10-13H2,1-2H3. The number of nitrogens with zero attached hydrogens (tertiary/aromatic N) is 3. The van der Waals surface area contributed by atoms with Crippen molar-refractivity contribution in [2.75, 3.05) is 31.1 Å². The van der Waals surface area contributed by atoms with Crippen LogP contribution in [0.5, 0.6) is 0 Å². The van der Waals surface area contributed by atoms with Gasteiger partial charge in [0.25, 0.3) is 0 Å². The van der Waals surface area contributed by atoms with Gasteiger partial charge in [-0.15, -0.1) is 0 Å². The van der Waals surface area contributed by atoms with Crippen molar-refractivity contribution in [2.45, 2.75) is 33.1 Å². The minimum Gasteiger partial charge on any atom is -0.325 e. The van der Waals surface area contributed by atoms with E-state index in [1.165, 1.54) is 49.2 Å². The molecule has 122 valence electrons. The number of hydrogen-bond donors (Lipinski definition) is 0. The van der Waals surface area contributed by atoms with E-state index in [4.69, 9.17) is 0 Å². The predicted octanol–water partition coefficient (Wildman–Crippen LogP) is 4.32. The SMILES string of the molecule is Cc1cc(C)cc(N(CCN2CCCCC2)c2ccccn2)c1. The van der Waals surface area contributed by atoms with Gasteiger partial charge in [0.2, 0.25) is 0 Å². The maximum absolute atomic E-state index is 4.59. The van der Waals surface area contributed by atoms with Crippen LogP contribution in [0.4, 0.5) is 11.5 Å². The summed E-state index contributed by atoms with van der Waals surface area (Å²) in [5, 5.41) is 0. The first kappa shape index (κ1) is 16.0. The molecule has 0 atom stereocenters. The van der Waals surface area contributed by atoms with Gasteiger partial charge in [-0.2, -0.15) is 0 Å². The van der Waals surface area contributed by atoms with Gasteiger partial charge in [0.15, 0.2) is 0 Å². The maximum atomic E-state index is 4.59. The van der Waals surface area contributed by atoms with Crippen LogP contribution in [0.25, 0.3) is 0 Å². The monoisotopic (exact) mass is 309 g/mol. The topological polar surface area (TPSA) is 19.4 Å². The van der Waals surface area contributed by atoms with Crippen molar-refractivity contribution in [3.63, 3.8) is 0 Å². The van der Waals surface area contributed by atoms with E-state index in [1.807, 2.05) is 12.3 Å². The molecule has 0 amide bonds. The van der Waals surface area contributed by atoms with Crippen molar-refractivity contribution in [2.24, 2.45) is 0 Å². The first-order valence-corrected chi connectivity index (χ1v) is 8.71. The summed E-state index contributed by atoms with van der Waals surface area (Å²) < 4.78 is 0. The second-order valence-electron chi connectivity index (χ2n) is 6.59. The molecule has 3 heteroatoms. The molecule has 0 spiro atoms. The molecule has 1 aliphatic rings. The highest BCUT2D eigenvalue weighted by Gasteiger charge is 2.15. The first-order valence-electron chi connectivity index (χ1n) is 8.71. The lowest BCUT2D eigenvalue weighted by Crippen LogP contribution is -2.36. The van der Waals surface area contributed by atoms with Crippen LogP contribution in [-0.2, 0) is 0 Å². The molecule has 2 aromatic rings. The molecule has 0 aliphatic carbocycles. The van der Waals surface area contributed by atoms with Crippen LogP contribution in [0.1, 0.15) is 30.4 Å². The Balaban J connectivity index is 1.81. The van der Waals surface area contributed by atoms with Crippen LogP contribution < -0.4 is 4.90 Å². The van der Waals surface area contributed by atoms with Gasteiger partial charge < -0.3 is 9.80 Å². The van der Waals surface area contributed by atoms with E-state index in [1.54, 1.807) is 0 Å². The molecule has 1 aromatic carbocycles. The summed E-state index contributed by atoms with van der Waals surface area (Å²) in [7, 11) is 0. The summed E-state index contributed by atoms with van der Waals surface area (Å²) in [6.45, 7) is 8.89. The van der Waals surface area contributed by atoms with Gasteiger partial charge in [-0.1, -0.05) is 18.6 Å². The van der Waals surface area contributed by atoms with Crippen LogP contribution >= 0.6 is 0 Å². The third-order valence-corrected chi connectivity index (χ3v) is 4.53. The molecule has 1 aromatic heterocycles. The molecule has 0 bridgehead atoms. The number of anilines is 2. The van der Waals surface area contributed by atoms with Crippen LogP contribution in [0.3, 0.4) is 0 Å². The molecule has 3 rings (SSSR count). The van der Waals surface area contributed by atoms with Gasteiger partial charge in [0.05, 0.1) is 0 Å². The van der Waals surface area contributed by atoms with Crippen molar-refractivity contribution in [3.05, 3.63) is 53.7 Å². The third kappa shape index (κ3) is 4.32. The number of benzene rings is 1. The fourth-order valence-electron chi connectivity index (χ4n) is 3.42. The van der Waals surface area contributed by atoms with E-state index in [0.29, 0.717) is 0 Å². The fraction of sp³-hybridized carbons (Fsp3) is 0.450. The molecular formula is C20H27N3. The molecule has 0 saturated carbocycles. The number of aromatic nitrogens is 1. The number of rotatable bonds is 5. The number of likely N-dealkylation sites (tertiary alicyclic amines) is 1. The Hall–Kier alpha value is -1.87. The summed E-state index contributed by atoms with van der Waals surface area (Å²) >= 11 is 0. The molecule has 2 heterocycles. The Kier molecular flexibility index (Phi) is 5.29. The molecule has 0 unspecified atom stereocenters. The van der Waals surface area contributed by atoms with E-state index in [9.17, 15) is 0 Å². The number of piperidine rings is 1.